The number of carbonyl (C=O) groups is 1. The van der Waals surface area contributed by atoms with E-state index < -0.39 is 0 Å². The van der Waals surface area contributed by atoms with Gasteiger partial charge in [0, 0.05) is 23.8 Å². The molecule has 3 rings (SSSR count). The maximum Gasteiger partial charge on any atom is 0.230 e. The summed E-state index contributed by atoms with van der Waals surface area (Å²) in [5.74, 6) is 1.06. The number of nitrogen functional groups attached to an aromatic ring is 1. The summed E-state index contributed by atoms with van der Waals surface area (Å²) >= 11 is 0. The summed E-state index contributed by atoms with van der Waals surface area (Å²) < 4.78 is 0. The third kappa shape index (κ3) is 2.01. The fourth-order valence-electron chi connectivity index (χ4n) is 3.52. The first-order chi connectivity index (χ1) is 9.08. The lowest BCUT2D eigenvalue weighted by Gasteiger charge is -2.24. The summed E-state index contributed by atoms with van der Waals surface area (Å²) in [5.41, 5.74) is 10.2. The number of rotatable bonds is 1. The lowest BCUT2D eigenvalue weighted by molar-refractivity contribution is -0.123. The lowest BCUT2D eigenvalue weighted by Crippen LogP contribution is -2.35. The fourth-order valence-corrected chi connectivity index (χ4v) is 3.52. The molecule has 1 heterocycles. The normalized spacial score (nSPS) is 25.7. The van der Waals surface area contributed by atoms with Crippen molar-refractivity contribution in [3.63, 3.8) is 0 Å². The first-order valence-electron chi connectivity index (χ1n) is 7.28. The van der Waals surface area contributed by atoms with Gasteiger partial charge in [-0.25, -0.2) is 0 Å². The summed E-state index contributed by atoms with van der Waals surface area (Å²) in [4.78, 5) is 14.7. The van der Waals surface area contributed by atoms with Crippen LogP contribution in [0.15, 0.2) is 12.1 Å². The molecule has 0 aromatic heterocycles. The van der Waals surface area contributed by atoms with Gasteiger partial charge in [0.25, 0.3) is 0 Å². The number of fused-ring (bicyclic) bond motifs is 1. The van der Waals surface area contributed by atoms with Crippen LogP contribution in [0.3, 0.4) is 0 Å². The number of nitrogens with zero attached hydrogens (tertiary/aromatic N) is 1. The quantitative estimate of drug-likeness (QED) is 0.787. The van der Waals surface area contributed by atoms with Gasteiger partial charge in [-0.15, -0.1) is 0 Å². The third-order valence-electron chi connectivity index (χ3n) is 4.81. The predicted octanol–water partition coefficient (Wildman–Crippen LogP) is 2.90. The van der Waals surface area contributed by atoms with E-state index in [2.05, 4.69) is 13.0 Å². The van der Waals surface area contributed by atoms with Crippen molar-refractivity contribution in [1.82, 2.24) is 0 Å². The van der Waals surface area contributed by atoms with Gasteiger partial charge in [0.1, 0.15) is 0 Å². The monoisotopic (exact) mass is 258 g/mol. The molecular formula is C16H22N2O. The van der Waals surface area contributed by atoms with E-state index in [1.807, 2.05) is 17.9 Å². The molecule has 2 unspecified atom stereocenters. The van der Waals surface area contributed by atoms with E-state index in [4.69, 9.17) is 5.73 Å². The van der Waals surface area contributed by atoms with Gasteiger partial charge in [0.2, 0.25) is 5.91 Å². The number of carbonyl (C=O) groups excluding carboxylic acids is 1. The number of hydrogen-bond donors (Lipinski definition) is 1. The SMILES string of the molecule is Cc1cc2c(cc1N)N(C(=O)C1CCCC1C)CC2. The van der Waals surface area contributed by atoms with Crippen LogP contribution in [0.4, 0.5) is 11.4 Å². The zero-order valence-corrected chi connectivity index (χ0v) is 11.8. The van der Waals surface area contributed by atoms with Crippen molar-refractivity contribution in [1.29, 1.82) is 0 Å². The maximum absolute atomic E-state index is 12.7. The number of amides is 1. The molecule has 102 valence electrons. The number of hydrogen-bond acceptors (Lipinski definition) is 2. The minimum absolute atomic E-state index is 0.216. The van der Waals surface area contributed by atoms with Gasteiger partial charge in [-0.1, -0.05) is 19.4 Å². The highest BCUT2D eigenvalue weighted by Crippen LogP contribution is 2.37. The molecule has 1 saturated carbocycles. The Labute approximate surface area is 114 Å². The van der Waals surface area contributed by atoms with Crippen molar-refractivity contribution in [3.8, 4) is 0 Å². The molecule has 0 bridgehead atoms. The van der Waals surface area contributed by atoms with Gasteiger partial charge in [0.05, 0.1) is 0 Å². The van der Waals surface area contributed by atoms with E-state index in [1.54, 1.807) is 0 Å². The Morgan fingerprint density at radius 2 is 2.16 bits per heavy atom. The number of anilines is 2. The minimum atomic E-state index is 0.216. The molecule has 1 aliphatic heterocycles. The summed E-state index contributed by atoms with van der Waals surface area (Å²) in [5, 5.41) is 0. The average molecular weight is 258 g/mol. The maximum atomic E-state index is 12.7. The molecular weight excluding hydrogens is 236 g/mol. The van der Waals surface area contributed by atoms with Crippen LogP contribution < -0.4 is 10.6 Å². The smallest absolute Gasteiger partial charge is 0.230 e. The van der Waals surface area contributed by atoms with Crippen LogP contribution in [0.1, 0.15) is 37.3 Å². The second-order valence-corrected chi connectivity index (χ2v) is 6.09. The molecule has 1 aromatic carbocycles. The van der Waals surface area contributed by atoms with Crippen molar-refractivity contribution in [2.45, 2.75) is 39.5 Å². The Bertz CT molecular complexity index is 524. The van der Waals surface area contributed by atoms with Crippen LogP contribution in [-0.4, -0.2) is 12.5 Å². The number of benzene rings is 1. The molecule has 2 aliphatic rings. The molecule has 1 fully saturated rings. The van der Waals surface area contributed by atoms with Crippen LogP contribution in [0.25, 0.3) is 0 Å². The van der Waals surface area contributed by atoms with E-state index in [0.29, 0.717) is 11.8 Å². The van der Waals surface area contributed by atoms with Gasteiger partial charge in [-0.3, -0.25) is 4.79 Å². The number of aryl methyl sites for hydroxylation is 1. The Balaban J connectivity index is 1.89. The van der Waals surface area contributed by atoms with E-state index in [1.165, 1.54) is 18.4 Å². The predicted molar refractivity (Wildman–Crippen MR) is 78.2 cm³/mol. The van der Waals surface area contributed by atoms with E-state index in [0.717, 1.165) is 36.3 Å². The molecule has 3 heteroatoms. The molecule has 1 aliphatic carbocycles. The largest absolute Gasteiger partial charge is 0.398 e. The van der Waals surface area contributed by atoms with Crippen LogP contribution in [0.5, 0.6) is 0 Å². The van der Waals surface area contributed by atoms with E-state index in [-0.39, 0.29) is 5.92 Å². The van der Waals surface area contributed by atoms with Crippen LogP contribution in [-0.2, 0) is 11.2 Å². The highest BCUT2D eigenvalue weighted by molar-refractivity contribution is 5.98. The molecule has 0 spiro atoms. The summed E-state index contributed by atoms with van der Waals surface area (Å²) in [6, 6.07) is 4.12. The van der Waals surface area contributed by atoms with Gasteiger partial charge in [-0.2, -0.15) is 0 Å². The van der Waals surface area contributed by atoms with E-state index >= 15 is 0 Å². The average Bonchev–Trinajstić information content (AvgIpc) is 2.96. The molecule has 0 saturated heterocycles. The lowest BCUT2D eigenvalue weighted by atomic mass is 9.96. The summed E-state index contributed by atoms with van der Waals surface area (Å²) in [6.45, 7) is 5.05. The second kappa shape index (κ2) is 4.55. The third-order valence-corrected chi connectivity index (χ3v) is 4.81. The minimum Gasteiger partial charge on any atom is -0.398 e. The Morgan fingerprint density at radius 1 is 1.37 bits per heavy atom. The summed E-state index contributed by atoms with van der Waals surface area (Å²) in [6.07, 6.45) is 4.39. The van der Waals surface area contributed by atoms with Crippen molar-refractivity contribution >= 4 is 17.3 Å². The topological polar surface area (TPSA) is 46.3 Å². The van der Waals surface area contributed by atoms with Crippen molar-refractivity contribution in [3.05, 3.63) is 23.3 Å². The van der Waals surface area contributed by atoms with Crippen molar-refractivity contribution in [2.75, 3.05) is 17.2 Å². The second-order valence-electron chi connectivity index (χ2n) is 6.09. The Hall–Kier alpha value is -1.51. The van der Waals surface area contributed by atoms with Gasteiger partial charge in [-0.05, 0) is 49.3 Å². The fraction of sp³-hybridized carbons (Fsp3) is 0.562. The first-order valence-corrected chi connectivity index (χ1v) is 7.28. The summed E-state index contributed by atoms with van der Waals surface area (Å²) in [7, 11) is 0. The zero-order chi connectivity index (χ0) is 13.6. The van der Waals surface area contributed by atoms with Crippen LogP contribution in [0, 0.1) is 18.8 Å². The van der Waals surface area contributed by atoms with Crippen LogP contribution >= 0.6 is 0 Å². The molecule has 2 N–H and O–H groups in total. The molecule has 0 radical (unpaired) electrons. The van der Waals surface area contributed by atoms with Gasteiger partial charge >= 0.3 is 0 Å². The highest BCUT2D eigenvalue weighted by Gasteiger charge is 2.35. The molecule has 1 amide bonds. The number of nitrogens with two attached hydrogens (primary N) is 1. The van der Waals surface area contributed by atoms with E-state index in [9.17, 15) is 4.79 Å². The standard InChI is InChI=1S/C16H22N2O/c1-10-4-3-5-13(10)16(19)18-7-6-12-8-11(2)14(17)9-15(12)18/h8-10,13H,3-7,17H2,1-2H3. The molecule has 19 heavy (non-hydrogen) atoms. The van der Waals surface area contributed by atoms with Crippen molar-refractivity contribution in [2.24, 2.45) is 11.8 Å². The first kappa shape index (κ1) is 12.5. The molecule has 2 atom stereocenters. The van der Waals surface area contributed by atoms with Gasteiger partial charge in [0.15, 0.2) is 0 Å². The molecule has 3 nitrogen and oxygen atoms in total. The zero-order valence-electron chi connectivity index (χ0n) is 11.8. The Morgan fingerprint density at radius 3 is 2.84 bits per heavy atom. The highest BCUT2D eigenvalue weighted by atomic mass is 16.2. The van der Waals surface area contributed by atoms with Crippen molar-refractivity contribution < 1.29 is 4.79 Å². The van der Waals surface area contributed by atoms with Crippen LogP contribution in [0.2, 0.25) is 0 Å². The Kier molecular flexibility index (Phi) is 3.00. The van der Waals surface area contributed by atoms with Gasteiger partial charge < -0.3 is 10.6 Å². The molecule has 1 aromatic rings.